The summed E-state index contributed by atoms with van der Waals surface area (Å²) in [5.41, 5.74) is 3.99. The van der Waals surface area contributed by atoms with Crippen LogP contribution in [-0.2, 0) is 4.74 Å². The first kappa shape index (κ1) is 21.3. The number of urea groups is 1. The van der Waals surface area contributed by atoms with E-state index in [1.165, 1.54) is 18.4 Å². The molecule has 160 valence electrons. The Morgan fingerprint density at radius 1 is 0.875 bits per heavy atom. The van der Waals surface area contributed by atoms with Gasteiger partial charge < -0.3 is 10.1 Å². The van der Waals surface area contributed by atoms with E-state index < -0.39 is 0 Å². The van der Waals surface area contributed by atoms with Crippen LogP contribution in [0.4, 0.5) is 9.93 Å². The molecule has 0 unspecified atom stereocenters. The number of hydrogen-bond donors (Lipinski definition) is 2. The highest BCUT2D eigenvalue weighted by Crippen LogP contribution is 2.26. The number of nitrogens with one attached hydrogen (secondary N) is 2. The van der Waals surface area contributed by atoms with Crippen molar-refractivity contribution in [2.75, 3.05) is 12.4 Å². The van der Waals surface area contributed by atoms with Crippen LogP contribution < -0.4 is 10.6 Å². The van der Waals surface area contributed by atoms with E-state index in [-0.39, 0.29) is 18.0 Å². The van der Waals surface area contributed by atoms with Crippen molar-refractivity contribution in [3.05, 3.63) is 107 Å². The highest BCUT2D eigenvalue weighted by Gasteiger charge is 2.17. The quantitative estimate of drug-likeness (QED) is 0.385. The molecule has 7 heteroatoms. The Bertz CT molecular complexity index is 1150. The van der Waals surface area contributed by atoms with Gasteiger partial charge in [0.2, 0.25) is 0 Å². The summed E-state index contributed by atoms with van der Waals surface area (Å²) in [5, 5.41) is 8.20. The van der Waals surface area contributed by atoms with Crippen LogP contribution in [0.15, 0.2) is 90.3 Å². The summed E-state index contributed by atoms with van der Waals surface area (Å²) in [5.74, 6) is -0.389. The van der Waals surface area contributed by atoms with Gasteiger partial charge in [-0.3, -0.25) is 5.32 Å². The standard InChI is InChI=1S/C25H21N3O3S/c1-31-23(29)20-14-12-17(13-15-20)21-16-32-25(26-21)28-24(30)27-22(18-8-4-2-5-9-18)19-10-6-3-7-11-19/h2-16,22H,1H3,(H2,26,27,28,30). The Morgan fingerprint density at radius 3 is 2.03 bits per heavy atom. The lowest BCUT2D eigenvalue weighted by Gasteiger charge is -2.19. The Labute approximate surface area is 189 Å². The fourth-order valence-corrected chi connectivity index (χ4v) is 3.99. The van der Waals surface area contributed by atoms with Crippen LogP contribution in [0.2, 0.25) is 0 Å². The second-order valence-electron chi connectivity index (χ2n) is 6.96. The Balaban J connectivity index is 1.47. The molecule has 2 amide bonds. The third-order valence-corrected chi connectivity index (χ3v) is 5.63. The molecule has 0 bridgehead atoms. The number of nitrogens with zero attached hydrogens (tertiary/aromatic N) is 1. The fraction of sp³-hybridized carbons (Fsp3) is 0.0800. The smallest absolute Gasteiger partial charge is 0.337 e. The zero-order chi connectivity index (χ0) is 22.3. The third-order valence-electron chi connectivity index (χ3n) is 4.87. The summed E-state index contributed by atoms with van der Waals surface area (Å²) in [7, 11) is 1.35. The highest BCUT2D eigenvalue weighted by atomic mass is 32.1. The molecule has 0 fully saturated rings. The molecule has 3 aromatic carbocycles. The number of thiazole rings is 1. The van der Waals surface area contributed by atoms with E-state index in [2.05, 4.69) is 15.6 Å². The van der Waals surface area contributed by atoms with Crippen LogP contribution in [0.3, 0.4) is 0 Å². The molecule has 32 heavy (non-hydrogen) atoms. The summed E-state index contributed by atoms with van der Waals surface area (Å²) >= 11 is 1.33. The summed E-state index contributed by atoms with van der Waals surface area (Å²) in [6.45, 7) is 0. The Morgan fingerprint density at radius 2 is 1.47 bits per heavy atom. The van der Waals surface area contributed by atoms with Gasteiger partial charge in [0.15, 0.2) is 5.13 Å². The predicted octanol–water partition coefficient (Wildman–Crippen LogP) is 5.51. The van der Waals surface area contributed by atoms with Crippen LogP contribution in [0, 0.1) is 0 Å². The van der Waals surface area contributed by atoms with Gasteiger partial charge >= 0.3 is 12.0 Å². The van der Waals surface area contributed by atoms with E-state index in [0.29, 0.717) is 16.4 Å². The molecule has 0 aliphatic heterocycles. The number of anilines is 1. The largest absolute Gasteiger partial charge is 0.465 e. The van der Waals surface area contributed by atoms with E-state index in [1.807, 2.05) is 66.0 Å². The van der Waals surface area contributed by atoms with Crippen molar-refractivity contribution in [2.24, 2.45) is 0 Å². The van der Waals surface area contributed by atoms with Crippen molar-refractivity contribution in [1.29, 1.82) is 0 Å². The molecule has 1 aromatic heterocycles. The Kier molecular flexibility index (Phi) is 6.57. The number of rotatable bonds is 6. The van der Waals surface area contributed by atoms with Gasteiger partial charge in [0, 0.05) is 10.9 Å². The molecular weight excluding hydrogens is 422 g/mol. The maximum atomic E-state index is 12.8. The van der Waals surface area contributed by atoms with Gasteiger partial charge in [-0.15, -0.1) is 11.3 Å². The van der Waals surface area contributed by atoms with Gasteiger partial charge in [-0.25, -0.2) is 14.6 Å². The maximum absolute atomic E-state index is 12.8. The molecule has 1 heterocycles. The number of carbonyl (C=O) groups excluding carboxylic acids is 2. The van der Waals surface area contributed by atoms with E-state index in [0.717, 1.165) is 16.7 Å². The number of benzene rings is 3. The maximum Gasteiger partial charge on any atom is 0.337 e. The molecule has 0 spiro atoms. The fourth-order valence-electron chi connectivity index (χ4n) is 3.27. The van der Waals surface area contributed by atoms with Crippen molar-refractivity contribution >= 4 is 28.5 Å². The zero-order valence-electron chi connectivity index (χ0n) is 17.3. The van der Waals surface area contributed by atoms with Gasteiger partial charge in [-0.2, -0.15) is 0 Å². The van der Waals surface area contributed by atoms with Crippen molar-refractivity contribution in [3.63, 3.8) is 0 Å². The van der Waals surface area contributed by atoms with Gasteiger partial charge in [-0.1, -0.05) is 72.8 Å². The number of amides is 2. The molecule has 0 atom stereocenters. The van der Waals surface area contributed by atoms with Crippen LogP contribution in [-0.4, -0.2) is 24.1 Å². The molecular formula is C25H21N3O3S. The highest BCUT2D eigenvalue weighted by molar-refractivity contribution is 7.14. The van der Waals surface area contributed by atoms with Gasteiger partial charge in [0.25, 0.3) is 0 Å². The first-order valence-corrected chi connectivity index (χ1v) is 10.8. The minimum absolute atomic E-state index is 0.289. The number of aromatic nitrogens is 1. The topological polar surface area (TPSA) is 80.3 Å². The van der Waals surface area contributed by atoms with Crippen molar-refractivity contribution in [3.8, 4) is 11.3 Å². The number of hydrogen-bond acceptors (Lipinski definition) is 5. The van der Waals surface area contributed by atoms with Crippen LogP contribution in [0.25, 0.3) is 11.3 Å². The molecule has 0 saturated heterocycles. The third kappa shape index (κ3) is 5.01. The minimum atomic E-state index is -0.389. The second kappa shape index (κ2) is 9.89. The van der Waals surface area contributed by atoms with E-state index in [4.69, 9.17) is 4.74 Å². The number of carbonyl (C=O) groups is 2. The number of esters is 1. The monoisotopic (exact) mass is 443 g/mol. The van der Waals surface area contributed by atoms with Crippen LogP contribution in [0.1, 0.15) is 27.5 Å². The lowest BCUT2D eigenvalue weighted by molar-refractivity contribution is 0.0600. The molecule has 0 radical (unpaired) electrons. The average molecular weight is 444 g/mol. The van der Waals surface area contributed by atoms with E-state index >= 15 is 0 Å². The van der Waals surface area contributed by atoms with Gasteiger partial charge in [0.1, 0.15) is 0 Å². The minimum Gasteiger partial charge on any atom is -0.465 e. The molecule has 0 saturated carbocycles. The summed E-state index contributed by atoms with van der Waals surface area (Å²) < 4.78 is 4.72. The molecule has 6 nitrogen and oxygen atoms in total. The van der Waals surface area contributed by atoms with E-state index in [1.54, 1.807) is 24.3 Å². The molecule has 2 N–H and O–H groups in total. The Hall–Kier alpha value is -3.97. The summed E-state index contributed by atoms with van der Waals surface area (Å²) in [6.07, 6.45) is 0. The predicted molar refractivity (Wildman–Crippen MR) is 126 cm³/mol. The van der Waals surface area contributed by atoms with Crippen molar-refractivity contribution in [1.82, 2.24) is 10.3 Å². The van der Waals surface area contributed by atoms with Crippen LogP contribution >= 0.6 is 11.3 Å². The molecule has 0 aliphatic carbocycles. The van der Waals surface area contributed by atoms with Gasteiger partial charge in [-0.05, 0) is 23.3 Å². The van der Waals surface area contributed by atoms with Crippen LogP contribution in [0.5, 0.6) is 0 Å². The van der Waals surface area contributed by atoms with Crippen molar-refractivity contribution < 1.29 is 14.3 Å². The number of ether oxygens (including phenoxy) is 1. The summed E-state index contributed by atoms with van der Waals surface area (Å²) in [4.78, 5) is 28.8. The first-order valence-electron chi connectivity index (χ1n) is 9.96. The molecule has 0 aliphatic rings. The average Bonchev–Trinajstić information content (AvgIpc) is 3.31. The normalized spacial score (nSPS) is 10.6. The molecule has 4 aromatic rings. The lowest BCUT2D eigenvalue weighted by Crippen LogP contribution is -2.33. The number of methoxy groups -OCH3 is 1. The zero-order valence-corrected chi connectivity index (χ0v) is 18.1. The van der Waals surface area contributed by atoms with E-state index in [9.17, 15) is 9.59 Å². The SMILES string of the molecule is COC(=O)c1ccc(-c2csc(NC(=O)NC(c3ccccc3)c3ccccc3)n2)cc1. The molecule has 4 rings (SSSR count). The first-order chi connectivity index (χ1) is 15.6. The van der Waals surface area contributed by atoms with Gasteiger partial charge in [0.05, 0.1) is 24.4 Å². The van der Waals surface area contributed by atoms with Crippen molar-refractivity contribution in [2.45, 2.75) is 6.04 Å². The second-order valence-corrected chi connectivity index (χ2v) is 7.82. The lowest BCUT2D eigenvalue weighted by atomic mass is 9.99. The summed E-state index contributed by atoms with van der Waals surface area (Å²) in [6, 6.07) is 25.9.